The van der Waals surface area contributed by atoms with Gasteiger partial charge in [0.1, 0.15) is 17.5 Å². The number of cyclic esters (lactones) is 1. The molecule has 2 heterocycles. The van der Waals surface area contributed by atoms with Crippen molar-refractivity contribution in [3.05, 3.63) is 12.7 Å². The van der Waals surface area contributed by atoms with E-state index in [1.54, 1.807) is 21.0 Å². The largest absolute Gasteiger partial charge is 0.481 e. The van der Waals surface area contributed by atoms with Gasteiger partial charge in [-0.15, -0.1) is 0 Å². The van der Waals surface area contributed by atoms with Gasteiger partial charge in [-0.2, -0.15) is 4.94 Å². The minimum Gasteiger partial charge on any atom is -0.481 e. The van der Waals surface area contributed by atoms with Gasteiger partial charge in [-0.3, -0.25) is 14.4 Å². The van der Waals surface area contributed by atoms with Crippen molar-refractivity contribution in [3.8, 4) is 0 Å². The number of hydrogen-bond acceptors (Lipinski definition) is 11. The molecule has 0 spiro atoms. The number of carbonyl (C=O) groups excluding carboxylic acids is 2. The number of ketones is 1. The van der Waals surface area contributed by atoms with E-state index in [0.717, 1.165) is 38.7 Å². The lowest BCUT2D eigenvalue weighted by Crippen LogP contribution is -2.55. The van der Waals surface area contributed by atoms with Crippen LogP contribution in [-0.2, 0) is 38.3 Å². The van der Waals surface area contributed by atoms with Crippen molar-refractivity contribution in [2.45, 2.75) is 143 Å². The summed E-state index contributed by atoms with van der Waals surface area (Å²) in [7, 11) is 7.63. The van der Waals surface area contributed by atoms with Crippen LogP contribution in [0, 0.1) is 17.8 Å². The number of aliphatic carboxylic acids is 2. The van der Waals surface area contributed by atoms with Crippen LogP contribution in [-0.4, -0.2) is 113 Å². The Morgan fingerprint density at radius 2 is 1.53 bits per heavy atom. The van der Waals surface area contributed by atoms with Gasteiger partial charge >= 0.3 is 11.9 Å². The summed E-state index contributed by atoms with van der Waals surface area (Å²) in [6.45, 7) is 16.4. The van der Waals surface area contributed by atoms with Gasteiger partial charge in [0.2, 0.25) is 0 Å². The Morgan fingerprint density at radius 3 is 1.90 bits per heavy atom. The summed E-state index contributed by atoms with van der Waals surface area (Å²) in [5.74, 6) is -3.75. The van der Waals surface area contributed by atoms with Crippen molar-refractivity contribution < 1.29 is 63.3 Å². The number of aliphatic hydroxyl groups excluding tert-OH is 1. The van der Waals surface area contributed by atoms with E-state index in [4.69, 9.17) is 29.2 Å². The number of nitrogens with zero attached hydrogens (tertiary/aromatic N) is 1. The van der Waals surface area contributed by atoms with Crippen molar-refractivity contribution >= 4 is 23.7 Å². The van der Waals surface area contributed by atoms with Gasteiger partial charge in [0.25, 0.3) is 5.97 Å². The molecule has 0 saturated carbocycles. The molecule has 4 N–H and O–H groups in total. The van der Waals surface area contributed by atoms with E-state index in [-0.39, 0.29) is 23.7 Å². The number of carbonyl (C=O) groups is 4. The van der Waals surface area contributed by atoms with Crippen LogP contribution in [0.1, 0.15) is 107 Å². The van der Waals surface area contributed by atoms with Crippen LogP contribution < -0.4 is 0 Å². The van der Waals surface area contributed by atoms with Crippen LogP contribution in [0.4, 0.5) is 4.53 Å². The quantitative estimate of drug-likeness (QED) is 0.220. The van der Waals surface area contributed by atoms with E-state index < -0.39 is 53.5 Å². The molecule has 0 aliphatic carbocycles. The lowest BCUT2D eigenvalue weighted by molar-refractivity contribution is -0.298. The number of Topliss-reactive ketones (excluding diaryl/α,β-unsaturated/α-hetero) is 1. The molecule has 2 rings (SSSR count). The Hall–Kier alpha value is -2.49. The number of methoxy groups -OCH3 is 1. The third kappa shape index (κ3) is 23.5. The lowest BCUT2D eigenvalue weighted by atomic mass is 9.76. The molecule has 5 unspecified atom stereocenters. The number of aliphatic hydroxyl groups is 2. The molecule has 290 valence electrons. The molecular weight excluding hydrogens is 645 g/mol. The fourth-order valence-electron chi connectivity index (χ4n) is 5.14. The zero-order chi connectivity index (χ0) is 39.1. The second-order valence-electron chi connectivity index (χ2n) is 13.5. The summed E-state index contributed by atoms with van der Waals surface area (Å²) in [4.78, 5) is 49.1. The van der Waals surface area contributed by atoms with Crippen LogP contribution in [0.15, 0.2) is 12.7 Å². The molecule has 0 amide bonds. The maximum absolute atomic E-state index is 12.9. The molecule has 0 aromatic heterocycles. The predicted molar refractivity (Wildman–Crippen MR) is 184 cm³/mol. The zero-order valence-corrected chi connectivity index (χ0v) is 31.9. The van der Waals surface area contributed by atoms with Gasteiger partial charge < -0.3 is 39.5 Å². The average molecular weight is 712 g/mol. The van der Waals surface area contributed by atoms with E-state index >= 15 is 0 Å². The molecule has 9 atom stereocenters. The van der Waals surface area contributed by atoms with Crippen LogP contribution in [0.2, 0.25) is 0 Å². The first kappa shape index (κ1) is 50.9. The monoisotopic (exact) mass is 711 g/mol. The Kier molecular flexibility index (Phi) is 27.3. The first-order valence-electron chi connectivity index (χ1n) is 16.7. The van der Waals surface area contributed by atoms with Gasteiger partial charge in [0, 0.05) is 38.4 Å². The van der Waals surface area contributed by atoms with Crippen molar-refractivity contribution in [3.63, 3.8) is 0 Å². The number of rotatable bonds is 4. The third-order valence-electron chi connectivity index (χ3n) is 7.97. The number of halogens is 1. The lowest BCUT2D eigenvalue weighted by Gasteiger charge is -2.40. The van der Waals surface area contributed by atoms with Crippen molar-refractivity contribution in [2.24, 2.45) is 17.8 Å². The molecule has 2 aliphatic heterocycles. The predicted octanol–water partition coefficient (Wildman–Crippen LogP) is 5.20. The number of carboxylic acid groups (broad SMARTS) is 2. The summed E-state index contributed by atoms with van der Waals surface area (Å²) >= 11 is 0. The van der Waals surface area contributed by atoms with E-state index in [9.17, 15) is 29.1 Å². The zero-order valence-electron chi connectivity index (χ0n) is 31.9. The SMILES string of the molecule is C=CC(=O)O.CC(=O)O.CC1CCCC(OF)O1.CC[C@H]1OC(=O)C(C)CCC[C@](C)(OC)C[C@@H](C)C(=O)C(C)C(O)[C@]1(C)O.CN(C)C. The number of ether oxygens (including phenoxy) is 3. The van der Waals surface area contributed by atoms with Gasteiger partial charge in [-0.05, 0) is 91.4 Å². The second-order valence-corrected chi connectivity index (χ2v) is 13.5. The first-order valence-corrected chi connectivity index (χ1v) is 16.7. The minimum absolute atomic E-state index is 0.127. The highest BCUT2D eigenvalue weighted by molar-refractivity contribution is 5.83. The highest BCUT2D eigenvalue weighted by atomic mass is 19.3. The fraction of sp³-hybridized carbons (Fsp3) is 0.829. The van der Waals surface area contributed by atoms with E-state index in [1.165, 1.54) is 6.92 Å². The molecule has 49 heavy (non-hydrogen) atoms. The molecular formula is C35H66FNO12. The van der Waals surface area contributed by atoms with E-state index in [0.29, 0.717) is 25.7 Å². The Labute approximate surface area is 293 Å². The van der Waals surface area contributed by atoms with E-state index in [2.05, 4.69) is 11.5 Å². The Balaban J connectivity index is -0.000000771. The first-order chi connectivity index (χ1) is 22.5. The maximum Gasteiger partial charge on any atom is 0.327 e. The third-order valence-corrected chi connectivity index (χ3v) is 7.97. The van der Waals surface area contributed by atoms with E-state index in [1.807, 2.05) is 53.7 Å². The topological polar surface area (TPSA) is 189 Å². The molecule has 0 aromatic carbocycles. The molecule has 2 aliphatic rings. The summed E-state index contributed by atoms with van der Waals surface area (Å²) < 4.78 is 27.7. The van der Waals surface area contributed by atoms with Gasteiger partial charge in [-0.1, -0.05) is 34.3 Å². The maximum atomic E-state index is 12.9. The average Bonchev–Trinajstić information content (AvgIpc) is 3.01. The Morgan fingerprint density at radius 1 is 1.04 bits per heavy atom. The summed E-state index contributed by atoms with van der Waals surface area (Å²) in [6, 6.07) is 0. The molecule has 2 saturated heterocycles. The number of esters is 1. The van der Waals surface area contributed by atoms with Crippen molar-refractivity contribution in [1.82, 2.24) is 4.90 Å². The van der Waals surface area contributed by atoms with Crippen LogP contribution in [0.3, 0.4) is 0 Å². The van der Waals surface area contributed by atoms with Gasteiger partial charge in [0.05, 0.1) is 23.7 Å². The summed E-state index contributed by atoms with van der Waals surface area (Å²) in [5, 5.41) is 36.7. The van der Waals surface area contributed by atoms with Crippen LogP contribution in [0.25, 0.3) is 0 Å². The molecule has 0 bridgehead atoms. The highest BCUT2D eigenvalue weighted by Gasteiger charge is 2.46. The second kappa shape index (κ2) is 26.3. The fourth-order valence-corrected chi connectivity index (χ4v) is 5.14. The molecule has 14 heteroatoms. The van der Waals surface area contributed by atoms with Gasteiger partial charge in [0.15, 0.2) is 6.29 Å². The highest BCUT2D eigenvalue weighted by Crippen LogP contribution is 2.33. The number of hydrogen-bond donors (Lipinski definition) is 4. The summed E-state index contributed by atoms with van der Waals surface area (Å²) in [6.07, 6.45) is 3.87. The molecule has 0 radical (unpaired) electrons. The molecule has 2 fully saturated rings. The van der Waals surface area contributed by atoms with Crippen molar-refractivity contribution in [2.75, 3.05) is 28.3 Å². The standard InChI is InChI=1S/C21H38O6.C6H11FO2.C3H9N.C3H4O2.C2H4O2/c1-8-16-21(6,25)18(23)15(4)17(22)14(3)12-20(5,26-7)11-9-10-13(2)19(24)27-16;1-5-3-2-4-6(8-5)9-7;1-4(2)3;1-2-3(4)5;1-2(3)4/h13-16,18,23,25H,8-12H2,1-7H3;5-6H,2-4H2,1H3;1-3H3;2H,1H2,(H,4,5);1H3,(H,3,4)/t13?,14-,15?,16-,18?,20+,21-;;;;/m1..../s1. The molecule has 13 nitrogen and oxygen atoms in total. The van der Waals surface area contributed by atoms with Crippen LogP contribution in [0.5, 0.6) is 0 Å². The van der Waals surface area contributed by atoms with Crippen molar-refractivity contribution in [1.29, 1.82) is 0 Å². The van der Waals surface area contributed by atoms with Gasteiger partial charge in [-0.25, -0.2) is 4.79 Å². The minimum atomic E-state index is -1.71. The Bertz CT molecular complexity index is 956. The summed E-state index contributed by atoms with van der Waals surface area (Å²) in [5.41, 5.74) is -2.20. The van der Waals surface area contributed by atoms with Crippen LogP contribution >= 0.6 is 0 Å². The molecule has 0 aromatic rings. The number of carboxylic acids is 2. The smallest absolute Gasteiger partial charge is 0.327 e. The normalized spacial score (nSPS) is 32.4.